The van der Waals surface area contributed by atoms with E-state index >= 15 is 0 Å². The van der Waals surface area contributed by atoms with Crippen molar-refractivity contribution in [2.24, 2.45) is 10.9 Å². The highest BCUT2D eigenvalue weighted by Gasteiger charge is 2.47. The van der Waals surface area contributed by atoms with Crippen molar-refractivity contribution in [1.29, 1.82) is 0 Å². The summed E-state index contributed by atoms with van der Waals surface area (Å²) in [5.74, 6) is 0.494. The van der Waals surface area contributed by atoms with Gasteiger partial charge in [-0.2, -0.15) is 0 Å². The zero-order valence-corrected chi connectivity index (χ0v) is 17.7. The fourth-order valence-corrected chi connectivity index (χ4v) is 4.41. The third-order valence-corrected chi connectivity index (χ3v) is 6.04. The van der Waals surface area contributed by atoms with Crippen molar-refractivity contribution in [3.05, 3.63) is 41.1 Å². The number of esters is 1. The van der Waals surface area contributed by atoms with Crippen LogP contribution in [0.1, 0.15) is 45.7 Å². The van der Waals surface area contributed by atoms with E-state index in [1.54, 1.807) is 18.9 Å². The highest BCUT2D eigenvalue weighted by Crippen LogP contribution is 2.44. The van der Waals surface area contributed by atoms with Gasteiger partial charge in [0.2, 0.25) is 5.91 Å². The number of aliphatic imine (C=N–C) groups is 1. The molecule has 150 valence electrons. The van der Waals surface area contributed by atoms with E-state index in [4.69, 9.17) is 9.47 Å². The number of methoxy groups -OCH3 is 1. The van der Waals surface area contributed by atoms with Gasteiger partial charge in [-0.15, -0.1) is 0 Å². The fourth-order valence-electron chi connectivity index (χ4n) is 3.27. The van der Waals surface area contributed by atoms with Gasteiger partial charge in [0.25, 0.3) is 0 Å². The Morgan fingerprint density at radius 3 is 2.54 bits per heavy atom. The Bertz CT molecular complexity index is 829. The molecule has 1 amide bonds. The van der Waals surface area contributed by atoms with Crippen LogP contribution >= 0.6 is 11.8 Å². The molecule has 0 spiro atoms. The molecular formula is C21H26N2O4S. The second-order valence-electron chi connectivity index (χ2n) is 7.28. The maximum atomic E-state index is 13.0. The lowest BCUT2D eigenvalue weighted by Gasteiger charge is -2.33. The van der Waals surface area contributed by atoms with Gasteiger partial charge < -0.3 is 9.47 Å². The molecule has 0 unspecified atom stereocenters. The number of allylic oxidation sites excluding steroid dienone is 1. The maximum Gasteiger partial charge on any atom is 0.338 e. The van der Waals surface area contributed by atoms with Gasteiger partial charge in [-0.3, -0.25) is 9.69 Å². The summed E-state index contributed by atoms with van der Waals surface area (Å²) < 4.78 is 10.8. The van der Waals surface area contributed by atoms with E-state index in [0.29, 0.717) is 35.2 Å². The van der Waals surface area contributed by atoms with Gasteiger partial charge in [-0.05, 0) is 37.0 Å². The van der Waals surface area contributed by atoms with E-state index in [1.807, 2.05) is 45.0 Å². The van der Waals surface area contributed by atoms with Crippen LogP contribution in [0.3, 0.4) is 0 Å². The van der Waals surface area contributed by atoms with Gasteiger partial charge in [0.05, 0.1) is 36.3 Å². The number of benzene rings is 1. The van der Waals surface area contributed by atoms with Crippen LogP contribution in [0.25, 0.3) is 0 Å². The Hall–Kier alpha value is -2.28. The molecule has 0 aromatic heterocycles. The Kier molecular flexibility index (Phi) is 6.13. The number of fused-ring (bicyclic) bond motifs is 1. The molecule has 3 rings (SSSR count). The molecule has 2 aliphatic heterocycles. The van der Waals surface area contributed by atoms with Crippen LogP contribution in [0.15, 0.2) is 40.5 Å². The lowest BCUT2D eigenvalue weighted by molar-refractivity contribution is -0.141. The topological polar surface area (TPSA) is 68.2 Å². The van der Waals surface area contributed by atoms with Crippen LogP contribution in [0.2, 0.25) is 0 Å². The first-order valence-electron chi connectivity index (χ1n) is 9.47. The van der Waals surface area contributed by atoms with E-state index in [1.165, 1.54) is 11.8 Å². The molecule has 1 fully saturated rings. The quantitative estimate of drug-likeness (QED) is 0.675. The minimum Gasteiger partial charge on any atom is -0.497 e. The number of amidine groups is 1. The molecule has 0 bridgehead atoms. The van der Waals surface area contributed by atoms with Gasteiger partial charge >= 0.3 is 5.97 Å². The maximum absolute atomic E-state index is 13.0. The first-order valence-corrected chi connectivity index (χ1v) is 10.4. The van der Waals surface area contributed by atoms with Crippen LogP contribution in [-0.2, 0) is 14.3 Å². The second kappa shape index (κ2) is 8.39. The monoisotopic (exact) mass is 402 g/mol. The number of carbonyl (C=O) groups is 2. The third-order valence-electron chi connectivity index (χ3n) is 4.72. The molecule has 2 atom stereocenters. The van der Waals surface area contributed by atoms with Gasteiger partial charge in [-0.1, -0.05) is 44.7 Å². The smallest absolute Gasteiger partial charge is 0.338 e. The summed E-state index contributed by atoms with van der Waals surface area (Å²) in [6, 6.07) is 6.88. The lowest BCUT2D eigenvalue weighted by atomic mass is 9.94. The number of rotatable bonds is 6. The van der Waals surface area contributed by atoms with Crippen molar-refractivity contribution < 1.29 is 19.1 Å². The lowest BCUT2D eigenvalue weighted by Crippen LogP contribution is -2.40. The predicted octanol–water partition coefficient (Wildman–Crippen LogP) is 3.93. The number of ether oxygens (including phenoxy) is 2. The van der Waals surface area contributed by atoms with Crippen LogP contribution in [0.5, 0.6) is 5.75 Å². The molecule has 0 radical (unpaired) electrons. The number of thioether (sulfide) groups is 1. The predicted molar refractivity (Wildman–Crippen MR) is 110 cm³/mol. The minimum absolute atomic E-state index is 0.0197. The van der Waals surface area contributed by atoms with Gasteiger partial charge in [0.15, 0.2) is 5.17 Å². The summed E-state index contributed by atoms with van der Waals surface area (Å²) in [5, 5.41) is 0.467. The zero-order chi connectivity index (χ0) is 20.4. The number of nitrogens with zero attached hydrogens (tertiary/aromatic N) is 2. The first-order chi connectivity index (χ1) is 13.4. The van der Waals surface area contributed by atoms with E-state index in [9.17, 15) is 9.59 Å². The molecule has 28 heavy (non-hydrogen) atoms. The molecular weight excluding hydrogens is 376 g/mol. The summed E-state index contributed by atoms with van der Waals surface area (Å²) in [4.78, 5) is 32.2. The highest BCUT2D eigenvalue weighted by atomic mass is 32.2. The molecule has 2 heterocycles. The normalized spacial score (nSPS) is 21.7. The number of carbonyl (C=O) groups excluding carboxylic acids is 2. The largest absolute Gasteiger partial charge is 0.497 e. The minimum atomic E-state index is -0.547. The van der Waals surface area contributed by atoms with Crippen molar-refractivity contribution in [2.45, 2.75) is 45.4 Å². The molecule has 1 aromatic rings. The summed E-state index contributed by atoms with van der Waals surface area (Å²) in [6.07, 6.45) is 0.709. The first kappa shape index (κ1) is 20.5. The molecule has 0 aliphatic carbocycles. The van der Waals surface area contributed by atoms with E-state index < -0.39 is 12.0 Å². The Labute approximate surface area is 170 Å². The summed E-state index contributed by atoms with van der Waals surface area (Å²) in [6.45, 7) is 8.08. The average Bonchev–Trinajstić information content (AvgIpc) is 3.00. The van der Waals surface area contributed by atoms with Crippen LogP contribution in [-0.4, -0.2) is 40.9 Å². The molecule has 2 aliphatic rings. The van der Waals surface area contributed by atoms with Crippen molar-refractivity contribution in [2.75, 3.05) is 13.7 Å². The molecule has 1 aromatic carbocycles. The Morgan fingerprint density at radius 2 is 1.96 bits per heavy atom. The standard InChI is InChI=1S/C21H26N2O4S/c1-6-16-19(24)23-18(14-7-9-15(26-5)10-8-14)17(13(4)22-21(23)28-16)20(25)27-11-12(2)3/h7-10,12,16,18H,6,11H2,1-5H3/t16-,18-/m0/s1. The fraction of sp³-hybridized carbons (Fsp3) is 0.476. The van der Waals surface area contributed by atoms with E-state index in [0.717, 1.165) is 5.56 Å². The zero-order valence-electron chi connectivity index (χ0n) is 16.9. The molecule has 6 nitrogen and oxygen atoms in total. The Morgan fingerprint density at radius 1 is 1.29 bits per heavy atom. The van der Waals surface area contributed by atoms with Gasteiger partial charge in [-0.25, -0.2) is 9.79 Å². The van der Waals surface area contributed by atoms with Crippen LogP contribution in [0.4, 0.5) is 0 Å². The molecule has 1 saturated heterocycles. The van der Waals surface area contributed by atoms with E-state index in [-0.39, 0.29) is 17.1 Å². The van der Waals surface area contributed by atoms with Crippen molar-refractivity contribution in [1.82, 2.24) is 4.90 Å². The van der Waals surface area contributed by atoms with Crippen LogP contribution < -0.4 is 4.74 Å². The number of hydrogen-bond donors (Lipinski definition) is 0. The average molecular weight is 403 g/mol. The van der Waals surface area contributed by atoms with Crippen LogP contribution in [0, 0.1) is 5.92 Å². The molecule has 7 heteroatoms. The number of hydrogen-bond acceptors (Lipinski definition) is 6. The van der Waals surface area contributed by atoms with Gasteiger partial charge in [0, 0.05) is 0 Å². The van der Waals surface area contributed by atoms with Gasteiger partial charge in [0.1, 0.15) is 5.75 Å². The number of amides is 1. The summed E-state index contributed by atoms with van der Waals surface area (Å²) >= 11 is 1.46. The second-order valence-corrected chi connectivity index (χ2v) is 8.45. The molecule has 0 N–H and O–H groups in total. The van der Waals surface area contributed by atoms with Crippen molar-refractivity contribution in [3.8, 4) is 5.75 Å². The SMILES string of the molecule is CC[C@@H]1SC2=NC(C)=C(C(=O)OCC(C)C)[C@H](c3ccc(OC)cc3)N2C1=O. The third kappa shape index (κ3) is 3.81. The van der Waals surface area contributed by atoms with Crippen molar-refractivity contribution >= 4 is 28.8 Å². The van der Waals surface area contributed by atoms with Crippen molar-refractivity contribution in [3.63, 3.8) is 0 Å². The summed E-state index contributed by atoms with van der Waals surface area (Å²) in [7, 11) is 1.60. The Balaban J connectivity index is 2.05. The highest BCUT2D eigenvalue weighted by molar-refractivity contribution is 8.15. The molecule has 0 saturated carbocycles. The van der Waals surface area contributed by atoms with E-state index in [2.05, 4.69) is 4.99 Å². The summed E-state index contributed by atoms with van der Waals surface area (Å²) in [5.41, 5.74) is 1.84.